The second kappa shape index (κ2) is 13.6. The number of rotatable bonds is 7. The Kier molecular flexibility index (Phi) is 7.98. The highest BCUT2D eigenvalue weighted by Crippen LogP contribution is 2.40. The molecule has 0 saturated heterocycles. The van der Waals surface area contributed by atoms with Crippen LogP contribution in [0.2, 0.25) is 0 Å². The van der Waals surface area contributed by atoms with Crippen LogP contribution in [-0.4, -0.2) is 27.6 Å². The zero-order valence-electron chi connectivity index (χ0n) is 30.8. The number of hydrogen-bond acceptors (Lipinski definition) is 4. The van der Waals surface area contributed by atoms with Crippen LogP contribution in [0.25, 0.3) is 70.7 Å². The van der Waals surface area contributed by atoms with Gasteiger partial charge in [0.15, 0.2) is 19.7 Å². The van der Waals surface area contributed by atoms with Gasteiger partial charge < -0.3 is 0 Å². The third kappa shape index (κ3) is 5.37. The Bertz CT molecular complexity index is 3100. The first-order chi connectivity index (χ1) is 28.3. The van der Waals surface area contributed by atoms with Gasteiger partial charge >= 0.3 is 0 Å². The molecule has 0 radical (unpaired) electrons. The zero-order valence-corrected chi connectivity index (χ0v) is 32.6. The molecular formula is C51H34N4SSi. The summed E-state index contributed by atoms with van der Waals surface area (Å²) in [6.07, 6.45) is 0. The van der Waals surface area contributed by atoms with Crippen molar-refractivity contribution in [3.8, 4) is 28.7 Å². The molecule has 3 heterocycles. The smallest absolute Gasteiger partial charge is 0.238 e. The predicted octanol–water partition coefficient (Wildman–Crippen LogP) is 10.0. The first-order valence-corrected chi connectivity index (χ1v) is 22.0. The predicted molar refractivity (Wildman–Crippen MR) is 242 cm³/mol. The van der Waals surface area contributed by atoms with Crippen molar-refractivity contribution in [3.63, 3.8) is 0 Å². The molecule has 6 heteroatoms. The van der Waals surface area contributed by atoms with E-state index >= 15 is 0 Å². The largest absolute Gasteiger partial charge is 0.278 e. The monoisotopic (exact) mass is 762 g/mol. The Morgan fingerprint density at radius 1 is 0.386 bits per heavy atom. The summed E-state index contributed by atoms with van der Waals surface area (Å²) < 4.78 is 4.61. The third-order valence-electron chi connectivity index (χ3n) is 11.2. The van der Waals surface area contributed by atoms with Crippen LogP contribution in [0.1, 0.15) is 0 Å². The van der Waals surface area contributed by atoms with E-state index in [1.54, 1.807) is 11.3 Å². The van der Waals surface area contributed by atoms with Crippen LogP contribution in [0.15, 0.2) is 206 Å². The minimum absolute atomic E-state index is 0.591. The lowest BCUT2D eigenvalue weighted by atomic mass is 10.1. The molecule has 8 aromatic carbocycles. The molecular weight excluding hydrogens is 729 g/mol. The molecule has 0 aliphatic carbocycles. The second-order valence-electron chi connectivity index (χ2n) is 14.4. The van der Waals surface area contributed by atoms with Crippen molar-refractivity contribution in [2.24, 2.45) is 0 Å². The lowest BCUT2D eigenvalue weighted by Gasteiger charge is -2.34. The van der Waals surface area contributed by atoms with Crippen LogP contribution < -0.4 is 20.7 Å². The van der Waals surface area contributed by atoms with Crippen molar-refractivity contribution >= 4 is 82.1 Å². The Morgan fingerprint density at radius 3 is 1.51 bits per heavy atom. The summed E-state index contributed by atoms with van der Waals surface area (Å²) in [5.74, 6) is 1.87. The van der Waals surface area contributed by atoms with E-state index in [9.17, 15) is 0 Å². The van der Waals surface area contributed by atoms with Crippen LogP contribution in [-0.2, 0) is 0 Å². The maximum Gasteiger partial charge on any atom is 0.238 e. The van der Waals surface area contributed by atoms with Crippen LogP contribution in [0, 0.1) is 0 Å². The van der Waals surface area contributed by atoms with Gasteiger partial charge in [0.1, 0.15) is 0 Å². The van der Waals surface area contributed by atoms with E-state index in [2.05, 4.69) is 211 Å². The zero-order chi connectivity index (χ0) is 37.8. The van der Waals surface area contributed by atoms with E-state index in [0.717, 1.165) is 32.9 Å². The fourth-order valence-corrected chi connectivity index (χ4v) is 14.7. The van der Waals surface area contributed by atoms with E-state index in [1.807, 2.05) is 0 Å². The first kappa shape index (κ1) is 33.4. The fourth-order valence-electron chi connectivity index (χ4n) is 8.73. The van der Waals surface area contributed by atoms with Crippen molar-refractivity contribution in [1.29, 1.82) is 0 Å². The molecule has 0 aliphatic rings. The van der Waals surface area contributed by atoms with Gasteiger partial charge in [-0.3, -0.25) is 4.57 Å². The molecule has 57 heavy (non-hydrogen) atoms. The summed E-state index contributed by atoms with van der Waals surface area (Å²) in [5, 5.41) is 9.99. The quantitative estimate of drug-likeness (QED) is 0.120. The molecule has 11 rings (SSSR count). The van der Waals surface area contributed by atoms with E-state index in [-0.39, 0.29) is 0 Å². The molecule has 0 bridgehead atoms. The topological polar surface area (TPSA) is 43.6 Å². The second-order valence-corrected chi connectivity index (χ2v) is 19.2. The summed E-state index contributed by atoms with van der Waals surface area (Å²) in [6, 6.07) is 74.2. The average Bonchev–Trinajstić information content (AvgIpc) is 3.84. The van der Waals surface area contributed by atoms with E-state index in [4.69, 9.17) is 15.0 Å². The van der Waals surface area contributed by atoms with Crippen LogP contribution in [0.4, 0.5) is 0 Å². The molecule has 3 aromatic heterocycles. The highest BCUT2D eigenvalue weighted by Gasteiger charge is 2.41. The van der Waals surface area contributed by atoms with Gasteiger partial charge in [-0.25, -0.2) is 4.98 Å². The Hall–Kier alpha value is -6.99. The standard InChI is InChI=1S/C51H34N4SSi/c1-4-19-36(20-5-1)57(37-21-6-2-7-22-37,38-23-8-3-9-24-38)39-25-16-18-35(34-39)49-52-50(44-30-17-29-43-42-28-12-15-33-47(42)56-48(43)44)54-51(53-49)55-45-31-13-10-26-40(45)41-27-11-14-32-46(41)55/h1-34H. The van der Waals surface area contributed by atoms with Crippen LogP contribution >= 0.6 is 11.3 Å². The highest BCUT2D eigenvalue weighted by atomic mass is 32.1. The van der Waals surface area contributed by atoms with E-state index < -0.39 is 8.07 Å². The summed E-state index contributed by atoms with van der Waals surface area (Å²) in [5.41, 5.74) is 4.05. The third-order valence-corrected chi connectivity index (χ3v) is 17.2. The molecule has 11 aromatic rings. The molecule has 0 aliphatic heterocycles. The molecule has 268 valence electrons. The number of nitrogens with zero attached hydrogens (tertiary/aromatic N) is 4. The van der Waals surface area contributed by atoms with Crippen molar-refractivity contribution < 1.29 is 0 Å². The van der Waals surface area contributed by atoms with Crippen LogP contribution in [0.3, 0.4) is 0 Å². The van der Waals surface area contributed by atoms with Gasteiger partial charge in [-0.1, -0.05) is 182 Å². The number of hydrogen-bond donors (Lipinski definition) is 0. The van der Waals surface area contributed by atoms with Gasteiger partial charge in [-0.2, -0.15) is 9.97 Å². The summed E-state index contributed by atoms with van der Waals surface area (Å²) in [7, 11) is -2.81. The van der Waals surface area contributed by atoms with E-state index in [1.165, 1.54) is 40.9 Å². The molecule has 0 N–H and O–H groups in total. The molecule has 4 nitrogen and oxygen atoms in total. The van der Waals surface area contributed by atoms with Crippen molar-refractivity contribution in [1.82, 2.24) is 19.5 Å². The fraction of sp³-hybridized carbons (Fsp3) is 0. The summed E-state index contributed by atoms with van der Waals surface area (Å²) in [6.45, 7) is 0. The van der Waals surface area contributed by atoms with Gasteiger partial charge in [-0.05, 0) is 45.0 Å². The molecule has 0 atom stereocenters. The Morgan fingerprint density at radius 2 is 0.877 bits per heavy atom. The normalized spacial score (nSPS) is 11.9. The average molecular weight is 763 g/mol. The maximum atomic E-state index is 5.40. The minimum Gasteiger partial charge on any atom is -0.278 e. The van der Waals surface area contributed by atoms with Gasteiger partial charge in [-0.15, -0.1) is 11.3 Å². The molecule has 0 spiro atoms. The molecule has 0 saturated carbocycles. The molecule has 0 amide bonds. The van der Waals surface area contributed by atoms with Gasteiger partial charge in [0, 0.05) is 42.1 Å². The lowest BCUT2D eigenvalue weighted by molar-refractivity contribution is 0.954. The number of benzene rings is 8. The molecule has 0 fully saturated rings. The SMILES string of the molecule is c1ccc([Si](c2ccccc2)(c2ccccc2)c2cccc(-c3nc(-c4cccc5c4sc4ccccc45)nc(-n4c5ccccc5c5ccccc54)n3)c2)cc1. The van der Waals surface area contributed by atoms with E-state index in [0.29, 0.717) is 17.6 Å². The van der Waals surface area contributed by atoms with Crippen molar-refractivity contribution in [3.05, 3.63) is 206 Å². The Balaban J connectivity index is 1.20. The van der Waals surface area contributed by atoms with Crippen molar-refractivity contribution in [2.75, 3.05) is 0 Å². The summed E-state index contributed by atoms with van der Waals surface area (Å²) >= 11 is 1.79. The van der Waals surface area contributed by atoms with Crippen LogP contribution in [0.5, 0.6) is 0 Å². The first-order valence-electron chi connectivity index (χ1n) is 19.2. The number of thiophene rings is 1. The van der Waals surface area contributed by atoms with Crippen molar-refractivity contribution in [2.45, 2.75) is 0 Å². The number of para-hydroxylation sites is 2. The minimum atomic E-state index is -2.81. The summed E-state index contributed by atoms with van der Waals surface area (Å²) in [4.78, 5) is 16.2. The highest BCUT2D eigenvalue weighted by molar-refractivity contribution is 7.26. The number of aromatic nitrogens is 4. The Labute approximate surface area is 335 Å². The lowest BCUT2D eigenvalue weighted by Crippen LogP contribution is -2.74. The maximum absolute atomic E-state index is 5.40. The number of fused-ring (bicyclic) bond motifs is 6. The molecule has 0 unspecified atom stereocenters. The van der Waals surface area contributed by atoms with Gasteiger partial charge in [0.05, 0.1) is 11.0 Å². The van der Waals surface area contributed by atoms with Gasteiger partial charge in [0.2, 0.25) is 5.95 Å². The van der Waals surface area contributed by atoms with Gasteiger partial charge in [0.25, 0.3) is 0 Å².